The molecule has 2 rings (SSSR count). The van der Waals surface area contributed by atoms with E-state index in [-0.39, 0.29) is 10.6 Å². The van der Waals surface area contributed by atoms with Crippen LogP contribution in [0.25, 0.3) is 0 Å². The molecule has 4 nitrogen and oxygen atoms in total. The van der Waals surface area contributed by atoms with E-state index in [1.54, 1.807) is 12.1 Å². The number of nitrogens with zero attached hydrogens (tertiary/aromatic N) is 1. The lowest BCUT2D eigenvalue weighted by molar-refractivity contribution is -0.384. The number of nitrogens with one attached hydrogen (secondary N) is 1. The first kappa shape index (κ1) is 13.8. The maximum Gasteiger partial charge on any atom is 0.269 e. The summed E-state index contributed by atoms with van der Waals surface area (Å²) in [5, 5.41) is 14.0. The number of hydrogen-bond acceptors (Lipinski definition) is 3. The Kier molecular flexibility index (Phi) is 4.77. The highest BCUT2D eigenvalue weighted by Gasteiger charge is 2.14. The largest absolute Gasteiger partial charge is 0.385 e. The van der Waals surface area contributed by atoms with Crippen LogP contribution in [0.2, 0.25) is 0 Å². The summed E-state index contributed by atoms with van der Waals surface area (Å²) in [7, 11) is 0. The molecule has 1 N–H and O–H groups in total. The molecule has 0 atom stereocenters. The molecule has 0 spiro atoms. The third-order valence-corrected chi connectivity index (χ3v) is 4.00. The Morgan fingerprint density at radius 3 is 2.74 bits per heavy atom. The van der Waals surface area contributed by atoms with Gasteiger partial charge in [-0.3, -0.25) is 10.1 Å². The summed E-state index contributed by atoms with van der Waals surface area (Å²) >= 11 is 0. The summed E-state index contributed by atoms with van der Waals surface area (Å²) in [6.45, 7) is 2.86. The van der Waals surface area contributed by atoms with Gasteiger partial charge in [-0.15, -0.1) is 0 Å². The summed E-state index contributed by atoms with van der Waals surface area (Å²) in [5.74, 6) is 0.930. The molecule has 0 unspecified atom stereocenters. The molecule has 0 saturated heterocycles. The topological polar surface area (TPSA) is 55.2 Å². The van der Waals surface area contributed by atoms with Gasteiger partial charge >= 0.3 is 0 Å². The molecule has 0 amide bonds. The van der Waals surface area contributed by atoms with Crippen molar-refractivity contribution in [3.63, 3.8) is 0 Å². The van der Waals surface area contributed by atoms with Crippen molar-refractivity contribution >= 4 is 11.4 Å². The van der Waals surface area contributed by atoms with Crippen molar-refractivity contribution in [2.45, 2.75) is 45.4 Å². The molecule has 1 aliphatic rings. The van der Waals surface area contributed by atoms with Crippen molar-refractivity contribution in [2.75, 3.05) is 11.9 Å². The molecular formula is C15H22N2O2. The fourth-order valence-electron chi connectivity index (χ4n) is 2.87. The van der Waals surface area contributed by atoms with E-state index in [4.69, 9.17) is 0 Å². The minimum absolute atomic E-state index is 0.161. The first-order chi connectivity index (χ1) is 9.16. The Balaban J connectivity index is 1.77. The number of hydrogen-bond donors (Lipinski definition) is 1. The highest BCUT2D eigenvalue weighted by molar-refractivity contribution is 5.55. The highest BCUT2D eigenvalue weighted by atomic mass is 16.6. The molecular weight excluding hydrogens is 240 g/mol. The minimum Gasteiger partial charge on any atom is -0.385 e. The van der Waals surface area contributed by atoms with Gasteiger partial charge in [0.15, 0.2) is 0 Å². The fourth-order valence-corrected chi connectivity index (χ4v) is 2.87. The number of aryl methyl sites for hydroxylation is 1. The monoisotopic (exact) mass is 262 g/mol. The van der Waals surface area contributed by atoms with E-state index in [1.165, 1.54) is 38.5 Å². The third kappa shape index (κ3) is 3.94. The Morgan fingerprint density at radius 2 is 2.11 bits per heavy atom. The molecule has 104 valence electrons. The summed E-state index contributed by atoms with van der Waals surface area (Å²) in [5.41, 5.74) is 2.11. The number of nitro groups is 1. The molecule has 0 radical (unpaired) electrons. The summed E-state index contributed by atoms with van der Waals surface area (Å²) in [6.07, 6.45) is 8.09. The molecule has 1 fully saturated rings. The van der Waals surface area contributed by atoms with Crippen LogP contribution in [0, 0.1) is 23.0 Å². The van der Waals surface area contributed by atoms with Crippen LogP contribution in [0.3, 0.4) is 0 Å². The van der Waals surface area contributed by atoms with E-state index in [0.29, 0.717) is 0 Å². The Bertz CT molecular complexity index is 440. The SMILES string of the molecule is Cc1cc([N+](=O)[O-])ccc1NCCCC1CCCC1. The van der Waals surface area contributed by atoms with Crippen LogP contribution in [0.15, 0.2) is 18.2 Å². The molecule has 0 aliphatic heterocycles. The molecule has 0 bridgehead atoms. The van der Waals surface area contributed by atoms with Crippen molar-refractivity contribution in [3.05, 3.63) is 33.9 Å². The zero-order chi connectivity index (χ0) is 13.7. The maximum atomic E-state index is 10.7. The van der Waals surface area contributed by atoms with E-state index in [2.05, 4.69) is 5.32 Å². The van der Waals surface area contributed by atoms with Gasteiger partial charge in [0.1, 0.15) is 0 Å². The molecule has 1 aromatic rings. The standard InChI is InChI=1S/C15H22N2O2/c1-12-11-14(17(18)19)8-9-15(12)16-10-4-7-13-5-2-3-6-13/h8-9,11,13,16H,2-7,10H2,1H3. The fraction of sp³-hybridized carbons (Fsp3) is 0.600. The molecule has 4 heteroatoms. The highest BCUT2D eigenvalue weighted by Crippen LogP contribution is 2.28. The van der Waals surface area contributed by atoms with Gasteiger partial charge < -0.3 is 5.32 Å². The number of non-ortho nitro benzene ring substituents is 1. The predicted octanol–water partition coefficient (Wildman–Crippen LogP) is 4.29. The molecule has 1 saturated carbocycles. The smallest absolute Gasteiger partial charge is 0.269 e. The maximum absolute atomic E-state index is 10.7. The van der Waals surface area contributed by atoms with Crippen LogP contribution < -0.4 is 5.32 Å². The van der Waals surface area contributed by atoms with Gasteiger partial charge in [0.2, 0.25) is 0 Å². The average Bonchev–Trinajstić information content (AvgIpc) is 2.89. The minimum atomic E-state index is -0.350. The second-order valence-electron chi connectivity index (χ2n) is 5.48. The lowest BCUT2D eigenvalue weighted by atomic mass is 10.0. The van der Waals surface area contributed by atoms with Gasteiger partial charge in [0.05, 0.1) is 4.92 Å². The zero-order valence-corrected chi connectivity index (χ0v) is 11.5. The van der Waals surface area contributed by atoms with Gasteiger partial charge in [-0.2, -0.15) is 0 Å². The van der Waals surface area contributed by atoms with Gasteiger partial charge in [-0.05, 0) is 37.3 Å². The third-order valence-electron chi connectivity index (χ3n) is 4.00. The van der Waals surface area contributed by atoms with Crippen molar-refractivity contribution < 1.29 is 4.92 Å². The van der Waals surface area contributed by atoms with Crippen LogP contribution in [0.5, 0.6) is 0 Å². The second-order valence-corrected chi connectivity index (χ2v) is 5.48. The van der Waals surface area contributed by atoms with Gasteiger partial charge in [0, 0.05) is 24.4 Å². The zero-order valence-electron chi connectivity index (χ0n) is 11.5. The van der Waals surface area contributed by atoms with Gasteiger partial charge in [-0.25, -0.2) is 0 Å². The van der Waals surface area contributed by atoms with Crippen LogP contribution >= 0.6 is 0 Å². The summed E-state index contributed by atoms with van der Waals surface area (Å²) in [6, 6.07) is 4.99. The van der Waals surface area contributed by atoms with Crippen LogP contribution in [0.1, 0.15) is 44.1 Å². The lowest BCUT2D eigenvalue weighted by Gasteiger charge is -2.11. The van der Waals surface area contributed by atoms with Crippen LogP contribution in [-0.2, 0) is 0 Å². The quantitative estimate of drug-likeness (QED) is 0.473. The lowest BCUT2D eigenvalue weighted by Crippen LogP contribution is -2.05. The first-order valence-corrected chi connectivity index (χ1v) is 7.16. The number of benzene rings is 1. The number of anilines is 1. The average molecular weight is 262 g/mol. The Labute approximate surface area is 114 Å². The molecule has 1 aliphatic carbocycles. The van der Waals surface area contributed by atoms with E-state index < -0.39 is 0 Å². The summed E-state index contributed by atoms with van der Waals surface area (Å²) < 4.78 is 0. The Hall–Kier alpha value is -1.58. The number of nitro benzene ring substituents is 1. The Morgan fingerprint density at radius 1 is 1.37 bits per heavy atom. The first-order valence-electron chi connectivity index (χ1n) is 7.16. The predicted molar refractivity (Wildman–Crippen MR) is 77.5 cm³/mol. The van der Waals surface area contributed by atoms with E-state index in [9.17, 15) is 10.1 Å². The molecule has 0 aromatic heterocycles. The molecule has 1 aromatic carbocycles. The second kappa shape index (κ2) is 6.55. The van der Waals surface area contributed by atoms with E-state index in [0.717, 1.165) is 23.7 Å². The van der Waals surface area contributed by atoms with Crippen molar-refractivity contribution in [2.24, 2.45) is 5.92 Å². The van der Waals surface area contributed by atoms with Gasteiger partial charge in [-0.1, -0.05) is 25.7 Å². The van der Waals surface area contributed by atoms with Crippen LogP contribution in [-0.4, -0.2) is 11.5 Å². The van der Waals surface area contributed by atoms with Crippen molar-refractivity contribution in [1.82, 2.24) is 0 Å². The van der Waals surface area contributed by atoms with E-state index >= 15 is 0 Å². The van der Waals surface area contributed by atoms with E-state index in [1.807, 2.05) is 13.0 Å². The normalized spacial score (nSPS) is 15.6. The van der Waals surface area contributed by atoms with Gasteiger partial charge in [0.25, 0.3) is 5.69 Å². The van der Waals surface area contributed by atoms with Crippen LogP contribution in [0.4, 0.5) is 11.4 Å². The van der Waals surface area contributed by atoms with Crippen molar-refractivity contribution in [3.8, 4) is 0 Å². The molecule has 19 heavy (non-hydrogen) atoms. The molecule has 0 heterocycles. The number of rotatable bonds is 6. The summed E-state index contributed by atoms with van der Waals surface area (Å²) in [4.78, 5) is 10.3. The van der Waals surface area contributed by atoms with Crippen molar-refractivity contribution in [1.29, 1.82) is 0 Å².